The third-order valence-corrected chi connectivity index (χ3v) is 5.63. The smallest absolute Gasteiger partial charge is 0.473 e. The minimum Gasteiger partial charge on any atom is -0.473 e. The van der Waals surface area contributed by atoms with E-state index in [1.165, 1.54) is 47.2 Å². The van der Waals surface area contributed by atoms with E-state index in [2.05, 4.69) is 57.7 Å². The monoisotopic (exact) mass is 518 g/mol. The number of hydrogen-bond acceptors (Lipinski definition) is 6. The average Bonchev–Trinajstić information content (AvgIpc) is 3.42. The van der Waals surface area contributed by atoms with Gasteiger partial charge in [-0.1, -0.05) is 48.5 Å². The lowest BCUT2D eigenvalue weighted by Gasteiger charge is -2.20. The number of ether oxygens (including phenoxy) is 3. The summed E-state index contributed by atoms with van der Waals surface area (Å²) < 4.78 is 18.4. The zero-order valence-corrected chi connectivity index (χ0v) is 23.2. The van der Waals surface area contributed by atoms with Crippen LogP contribution in [0.4, 0.5) is 9.59 Å². The van der Waals surface area contributed by atoms with E-state index in [-0.39, 0.29) is 0 Å². The molecule has 1 aliphatic carbocycles. The highest BCUT2D eigenvalue weighted by molar-refractivity contribution is 6.08. The van der Waals surface area contributed by atoms with Crippen LogP contribution in [-0.4, -0.2) is 23.5 Å². The molecule has 0 N–H and O–H groups in total. The average molecular weight is 519 g/mol. The summed E-state index contributed by atoms with van der Waals surface area (Å²) in [4.78, 5) is 22.0. The van der Waals surface area contributed by atoms with Crippen LogP contribution in [0.2, 0.25) is 0 Å². The lowest BCUT2D eigenvalue weighted by Crippen LogP contribution is -2.29. The van der Waals surface area contributed by atoms with Gasteiger partial charge in [-0.2, -0.15) is 0 Å². The Hall–Kier alpha value is -3.80. The van der Waals surface area contributed by atoms with Crippen molar-refractivity contribution < 1.29 is 28.2 Å². The van der Waals surface area contributed by atoms with Crippen molar-refractivity contribution in [1.29, 1.82) is 0 Å². The number of carbonyl (C=O) groups is 2. The van der Waals surface area contributed by atoms with Gasteiger partial charge in [0.1, 0.15) is 11.2 Å². The first kappa shape index (κ1) is 28.8. The number of hydrogen-bond donors (Lipinski definition) is 0. The molecule has 38 heavy (non-hydrogen) atoms. The maximum Gasteiger partial charge on any atom is 0.519 e. The van der Waals surface area contributed by atoms with E-state index < -0.39 is 23.5 Å². The van der Waals surface area contributed by atoms with Crippen molar-refractivity contribution in [3.05, 3.63) is 84.3 Å². The van der Waals surface area contributed by atoms with Gasteiger partial charge in [0.15, 0.2) is 0 Å². The fraction of sp³-hybridized carbons (Fsp3) is 0.375. The Labute approximate surface area is 224 Å². The zero-order chi connectivity index (χ0) is 27.8. The number of fused-ring (bicyclic) bond motifs is 5. The second kappa shape index (κ2) is 12.6. The fourth-order valence-corrected chi connectivity index (χ4v) is 4.18. The van der Waals surface area contributed by atoms with Crippen LogP contribution < -0.4 is 0 Å². The van der Waals surface area contributed by atoms with E-state index in [9.17, 15) is 9.59 Å². The summed E-state index contributed by atoms with van der Waals surface area (Å²) in [7, 11) is 0. The molecule has 1 heterocycles. The predicted octanol–water partition coefficient (Wildman–Crippen LogP) is 9.02. The normalized spacial score (nSPS) is 12.8. The fourth-order valence-electron chi connectivity index (χ4n) is 4.18. The minimum atomic E-state index is -1.06. The first-order valence-corrected chi connectivity index (χ1v) is 13.0. The van der Waals surface area contributed by atoms with Crippen LogP contribution >= 0.6 is 0 Å². The van der Waals surface area contributed by atoms with Gasteiger partial charge in [-0.15, -0.1) is 0 Å². The molecule has 0 atom stereocenters. The molecule has 6 heteroatoms. The molecule has 0 unspecified atom stereocenters. The molecule has 0 aliphatic heterocycles. The Balaban J connectivity index is 0.000000181. The zero-order valence-electron chi connectivity index (χ0n) is 23.2. The van der Waals surface area contributed by atoms with Crippen LogP contribution in [0.5, 0.6) is 0 Å². The van der Waals surface area contributed by atoms with Gasteiger partial charge in [0.05, 0.1) is 12.5 Å². The van der Waals surface area contributed by atoms with E-state index in [1.807, 2.05) is 12.1 Å². The predicted molar refractivity (Wildman–Crippen MR) is 150 cm³/mol. The van der Waals surface area contributed by atoms with Crippen LogP contribution in [0.25, 0.3) is 21.5 Å². The standard InChI is InChI=1S/C18H16.C10H18O5.C4H4O/c1-3-7-15-13(5-1)9-11-18-16-8-4-2-6-14(16)10-12-17(15)18;1-9(2,3)14-7(11)13-8(12)15-10(4,5)6;1-2-4-5-3-1/h1,3,5,7,9-12H,2,4,6,8H2;1-6H3;1-4H. The summed E-state index contributed by atoms with van der Waals surface area (Å²) in [5.74, 6) is 0. The highest BCUT2D eigenvalue weighted by Gasteiger charge is 2.24. The summed E-state index contributed by atoms with van der Waals surface area (Å²) in [6, 6.07) is 21.6. The van der Waals surface area contributed by atoms with Crippen LogP contribution in [0.1, 0.15) is 65.5 Å². The molecule has 0 fully saturated rings. The number of carbonyl (C=O) groups excluding carboxylic acids is 2. The van der Waals surface area contributed by atoms with Gasteiger partial charge in [0, 0.05) is 0 Å². The molecule has 0 spiro atoms. The van der Waals surface area contributed by atoms with Crippen molar-refractivity contribution in [3.63, 3.8) is 0 Å². The SMILES string of the molecule is CC(C)(C)OC(=O)OC(=O)OC(C)(C)C.c1ccc2c(c1)ccc1c3c(ccc12)CCCC3.c1ccoc1. The van der Waals surface area contributed by atoms with Gasteiger partial charge in [-0.3, -0.25) is 0 Å². The van der Waals surface area contributed by atoms with Gasteiger partial charge in [-0.25, -0.2) is 9.59 Å². The molecule has 4 aromatic rings. The molecule has 0 bridgehead atoms. The maximum absolute atomic E-state index is 11.0. The lowest BCUT2D eigenvalue weighted by molar-refractivity contribution is -0.0293. The molecule has 6 nitrogen and oxygen atoms in total. The van der Waals surface area contributed by atoms with E-state index in [4.69, 9.17) is 9.47 Å². The van der Waals surface area contributed by atoms with Gasteiger partial charge < -0.3 is 18.6 Å². The van der Waals surface area contributed by atoms with Crippen molar-refractivity contribution in [3.8, 4) is 0 Å². The number of benzene rings is 3. The molecule has 3 aromatic carbocycles. The Kier molecular flexibility index (Phi) is 9.56. The van der Waals surface area contributed by atoms with Crippen LogP contribution in [0, 0.1) is 0 Å². The molecule has 0 radical (unpaired) electrons. The highest BCUT2D eigenvalue weighted by Crippen LogP contribution is 2.33. The van der Waals surface area contributed by atoms with Gasteiger partial charge >= 0.3 is 12.3 Å². The van der Waals surface area contributed by atoms with Gasteiger partial charge in [0.25, 0.3) is 0 Å². The maximum atomic E-state index is 11.0. The summed E-state index contributed by atoms with van der Waals surface area (Å²) in [6.45, 7) is 10.0. The summed E-state index contributed by atoms with van der Waals surface area (Å²) >= 11 is 0. The first-order valence-electron chi connectivity index (χ1n) is 13.0. The van der Waals surface area contributed by atoms with E-state index in [0.29, 0.717) is 0 Å². The number of aryl methyl sites for hydroxylation is 2. The highest BCUT2D eigenvalue weighted by atomic mass is 16.8. The molecular weight excluding hydrogens is 480 g/mol. The van der Waals surface area contributed by atoms with Crippen molar-refractivity contribution in [1.82, 2.24) is 0 Å². The molecule has 202 valence electrons. The second-order valence-electron chi connectivity index (χ2n) is 11.1. The Morgan fingerprint density at radius 2 is 1.24 bits per heavy atom. The van der Waals surface area contributed by atoms with Crippen LogP contribution in [0.15, 0.2) is 77.6 Å². The molecule has 0 saturated carbocycles. The third kappa shape index (κ3) is 8.94. The van der Waals surface area contributed by atoms with Crippen LogP contribution in [0.3, 0.4) is 0 Å². The molecule has 0 saturated heterocycles. The molecular formula is C32H38O6. The van der Waals surface area contributed by atoms with E-state index in [1.54, 1.807) is 65.2 Å². The quantitative estimate of drug-likeness (QED) is 0.131. The number of furan rings is 1. The van der Waals surface area contributed by atoms with Crippen molar-refractivity contribution in [2.75, 3.05) is 0 Å². The Morgan fingerprint density at radius 1 is 0.658 bits per heavy atom. The lowest BCUT2D eigenvalue weighted by atomic mass is 9.86. The first-order chi connectivity index (χ1) is 17.9. The molecule has 1 aliphatic rings. The molecule has 1 aromatic heterocycles. The van der Waals surface area contributed by atoms with Gasteiger partial charge in [-0.05, 0) is 112 Å². The van der Waals surface area contributed by atoms with Crippen molar-refractivity contribution >= 4 is 33.9 Å². The van der Waals surface area contributed by atoms with Crippen LogP contribution in [-0.2, 0) is 27.1 Å². The second-order valence-corrected chi connectivity index (χ2v) is 11.1. The van der Waals surface area contributed by atoms with E-state index in [0.717, 1.165) is 0 Å². The summed E-state index contributed by atoms with van der Waals surface area (Å²) in [5, 5.41) is 5.64. The largest absolute Gasteiger partial charge is 0.519 e. The molecule has 5 rings (SSSR count). The third-order valence-electron chi connectivity index (χ3n) is 5.63. The summed E-state index contributed by atoms with van der Waals surface area (Å²) in [6.07, 6.45) is 6.35. The minimum absolute atomic E-state index is 0.695. The number of rotatable bonds is 0. The van der Waals surface area contributed by atoms with Crippen molar-refractivity contribution in [2.45, 2.75) is 78.4 Å². The van der Waals surface area contributed by atoms with Crippen molar-refractivity contribution in [2.24, 2.45) is 0 Å². The Morgan fingerprint density at radius 3 is 1.82 bits per heavy atom. The summed E-state index contributed by atoms with van der Waals surface area (Å²) in [5.41, 5.74) is 1.78. The topological polar surface area (TPSA) is 75.0 Å². The van der Waals surface area contributed by atoms with E-state index >= 15 is 0 Å². The Bertz CT molecular complexity index is 1300. The van der Waals surface area contributed by atoms with Gasteiger partial charge in [0.2, 0.25) is 0 Å². The molecule has 0 amide bonds.